The van der Waals surface area contributed by atoms with E-state index in [2.05, 4.69) is 4.90 Å². The number of amides is 1. The van der Waals surface area contributed by atoms with Crippen molar-refractivity contribution < 1.29 is 9.53 Å². The number of rotatable bonds is 6. The predicted molar refractivity (Wildman–Crippen MR) is 135 cm³/mol. The lowest BCUT2D eigenvalue weighted by Crippen LogP contribution is -2.48. The number of hydrogen-bond acceptors (Lipinski definition) is 3. The molecule has 0 bridgehead atoms. The van der Waals surface area contributed by atoms with Crippen molar-refractivity contribution in [1.82, 2.24) is 9.80 Å². The fraction of sp³-hybridized carbons (Fsp3) is 0.269. The Morgan fingerprint density at radius 2 is 1.61 bits per heavy atom. The molecule has 0 atom stereocenters. The van der Waals surface area contributed by atoms with Gasteiger partial charge in [0.05, 0.1) is 0 Å². The quantitative estimate of drug-likeness (QED) is 0.385. The second-order valence-corrected chi connectivity index (χ2v) is 9.42. The SMILES string of the molecule is Cc1cc(Cl)ccc1OCc1cccc(C(=O)N2CCN(Cc3c(Cl)cccc3Cl)CC2)c1. The number of carbonyl (C=O) groups excluding carboxylic acids is 1. The average molecular weight is 504 g/mol. The Morgan fingerprint density at radius 3 is 2.30 bits per heavy atom. The second-order valence-electron chi connectivity index (χ2n) is 8.17. The van der Waals surface area contributed by atoms with Crippen molar-refractivity contribution in [2.45, 2.75) is 20.1 Å². The Balaban J connectivity index is 1.34. The van der Waals surface area contributed by atoms with Crippen LogP contribution in [0.25, 0.3) is 0 Å². The van der Waals surface area contributed by atoms with Crippen LogP contribution in [0.2, 0.25) is 15.1 Å². The average Bonchev–Trinajstić information content (AvgIpc) is 2.81. The molecule has 33 heavy (non-hydrogen) atoms. The molecule has 0 N–H and O–H groups in total. The summed E-state index contributed by atoms with van der Waals surface area (Å²) in [6.45, 7) is 5.88. The van der Waals surface area contributed by atoms with Crippen LogP contribution in [0.1, 0.15) is 27.0 Å². The van der Waals surface area contributed by atoms with Crippen LogP contribution in [0.5, 0.6) is 5.75 Å². The number of benzene rings is 3. The Kier molecular flexibility index (Phi) is 7.82. The summed E-state index contributed by atoms with van der Waals surface area (Å²) in [4.78, 5) is 17.3. The maximum atomic E-state index is 13.1. The molecule has 1 saturated heterocycles. The molecule has 3 aromatic rings. The summed E-state index contributed by atoms with van der Waals surface area (Å²) in [6.07, 6.45) is 0. The van der Waals surface area contributed by atoms with Crippen molar-refractivity contribution in [2.75, 3.05) is 26.2 Å². The summed E-state index contributed by atoms with van der Waals surface area (Å²) in [5.41, 5.74) is 3.53. The monoisotopic (exact) mass is 502 g/mol. The molecule has 0 aliphatic carbocycles. The lowest BCUT2D eigenvalue weighted by atomic mass is 10.1. The van der Waals surface area contributed by atoms with Crippen LogP contribution in [0.15, 0.2) is 60.7 Å². The van der Waals surface area contributed by atoms with Gasteiger partial charge in [-0.3, -0.25) is 9.69 Å². The molecule has 1 amide bonds. The lowest BCUT2D eigenvalue weighted by Gasteiger charge is -2.35. The fourth-order valence-electron chi connectivity index (χ4n) is 3.93. The molecule has 4 nitrogen and oxygen atoms in total. The second kappa shape index (κ2) is 10.8. The summed E-state index contributed by atoms with van der Waals surface area (Å²) < 4.78 is 5.94. The molecule has 172 valence electrons. The summed E-state index contributed by atoms with van der Waals surface area (Å²) in [7, 11) is 0. The van der Waals surface area contributed by atoms with Crippen molar-refractivity contribution in [2.24, 2.45) is 0 Å². The number of hydrogen-bond donors (Lipinski definition) is 0. The van der Waals surface area contributed by atoms with Crippen LogP contribution in [-0.4, -0.2) is 41.9 Å². The number of nitrogens with zero attached hydrogens (tertiary/aromatic N) is 2. The van der Waals surface area contributed by atoms with E-state index in [1.165, 1.54) is 0 Å². The number of aryl methyl sites for hydroxylation is 1. The molecular formula is C26H25Cl3N2O2. The van der Waals surface area contributed by atoms with E-state index in [1.807, 2.05) is 72.5 Å². The number of piperazine rings is 1. The smallest absolute Gasteiger partial charge is 0.253 e. The first-order valence-electron chi connectivity index (χ1n) is 10.8. The summed E-state index contributed by atoms with van der Waals surface area (Å²) >= 11 is 18.6. The lowest BCUT2D eigenvalue weighted by molar-refractivity contribution is 0.0628. The maximum absolute atomic E-state index is 13.1. The van der Waals surface area contributed by atoms with Gasteiger partial charge in [-0.05, 0) is 60.5 Å². The van der Waals surface area contributed by atoms with Crippen molar-refractivity contribution >= 4 is 40.7 Å². The molecule has 0 saturated carbocycles. The first kappa shape index (κ1) is 23.9. The molecule has 1 fully saturated rings. The van der Waals surface area contributed by atoms with E-state index in [4.69, 9.17) is 39.5 Å². The van der Waals surface area contributed by atoms with Crippen LogP contribution in [0, 0.1) is 6.92 Å². The topological polar surface area (TPSA) is 32.8 Å². The van der Waals surface area contributed by atoms with Gasteiger partial charge < -0.3 is 9.64 Å². The summed E-state index contributed by atoms with van der Waals surface area (Å²) in [5.74, 6) is 0.820. The third-order valence-corrected chi connectivity index (χ3v) is 6.75. The summed E-state index contributed by atoms with van der Waals surface area (Å²) in [5, 5.41) is 2.03. The first-order valence-corrected chi connectivity index (χ1v) is 12.0. The molecule has 0 radical (unpaired) electrons. The van der Waals surface area contributed by atoms with Gasteiger partial charge in [-0.2, -0.15) is 0 Å². The van der Waals surface area contributed by atoms with E-state index >= 15 is 0 Å². The molecule has 1 aliphatic heterocycles. The van der Waals surface area contributed by atoms with Gasteiger partial charge in [0.15, 0.2) is 0 Å². The van der Waals surface area contributed by atoms with Crippen LogP contribution in [0.3, 0.4) is 0 Å². The Bertz CT molecular complexity index is 1120. The number of halogens is 3. The van der Waals surface area contributed by atoms with Gasteiger partial charge in [0.1, 0.15) is 12.4 Å². The van der Waals surface area contributed by atoms with Gasteiger partial charge in [0, 0.05) is 58.9 Å². The Hall–Kier alpha value is -2.24. The Labute approximate surface area is 209 Å². The zero-order valence-electron chi connectivity index (χ0n) is 18.4. The highest BCUT2D eigenvalue weighted by molar-refractivity contribution is 6.36. The molecule has 0 aromatic heterocycles. The number of ether oxygens (including phenoxy) is 1. The minimum atomic E-state index is 0.0370. The van der Waals surface area contributed by atoms with Crippen LogP contribution in [-0.2, 0) is 13.2 Å². The van der Waals surface area contributed by atoms with E-state index in [0.717, 1.165) is 35.5 Å². The zero-order valence-corrected chi connectivity index (χ0v) is 20.6. The molecule has 4 rings (SSSR count). The molecule has 3 aromatic carbocycles. The molecule has 0 spiro atoms. The molecular weight excluding hydrogens is 479 g/mol. The van der Waals surface area contributed by atoms with Gasteiger partial charge in [-0.25, -0.2) is 0 Å². The van der Waals surface area contributed by atoms with E-state index in [-0.39, 0.29) is 5.91 Å². The largest absolute Gasteiger partial charge is 0.489 e. The van der Waals surface area contributed by atoms with E-state index in [9.17, 15) is 4.79 Å². The van der Waals surface area contributed by atoms with Crippen molar-refractivity contribution in [3.8, 4) is 5.75 Å². The van der Waals surface area contributed by atoms with E-state index in [0.29, 0.717) is 46.9 Å². The molecule has 1 aliphatic rings. The van der Waals surface area contributed by atoms with Gasteiger partial charge in [0.25, 0.3) is 5.91 Å². The highest BCUT2D eigenvalue weighted by Crippen LogP contribution is 2.26. The van der Waals surface area contributed by atoms with Gasteiger partial charge in [-0.15, -0.1) is 0 Å². The fourth-order valence-corrected chi connectivity index (χ4v) is 4.67. The molecule has 7 heteroatoms. The van der Waals surface area contributed by atoms with Gasteiger partial charge in [0.2, 0.25) is 0 Å². The third kappa shape index (κ3) is 6.01. The first-order chi connectivity index (χ1) is 15.9. The van der Waals surface area contributed by atoms with E-state index < -0.39 is 0 Å². The van der Waals surface area contributed by atoms with Crippen LogP contribution in [0.4, 0.5) is 0 Å². The third-order valence-electron chi connectivity index (χ3n) is 5.81. The van der Waals surface area contributed by atoms with Crippen molar-refractivity contribution in [3.05, 3.63) is 98.0 Å². The van der Waals surface area contributed by atoms with Crippen molar-refractivity contribution in [3.63, 3.8) is 0 Å². The highest BCUT2D eigenvalue weighted by atomic mass is 35.5. The van der Waals surface area contributed by atoms with E-state index in [1.54, 1.807) is 0 Å². The standard InChI is InChI=1S/C26H25Cl3N2O2/c1-18-14-21(27)8-9-25(18)33-17-19-4-2-5-20(15-19)26(32)31-12-10-30(11-13-31)16-22-23(28)6-3-7-24(22)29/h2-9,14-15H,10-13,16-17H2,1H3. The van der Waals surface area contributed by atoms with Crippen LogP contribution >= 0.6 is 34.8 Å². The van der Waals surface area contributed by atoms with Gasteiger partial charge >= 0.3 is 0 Å². The molecule has 1 heterocycles. The predicted octanol–water partition coefficient (Wildman–Crippen LogP) is 6.49. The minimum absolute atomic E-state index is 0.0370. The number of carbonyl (C=O) groups is 1. The van der Waals surface area contributed by atoms with Crippen LogP contribution < -0.4 is 4.74 Å². The zero-order chi connectivity index (χ0) is 23.4. The minimum Gasteiger partial charge on any atom is -0.489 e. The highest BCUT2D eigenvalue weighted by Gasteiger charge is 2.23. The maximum Gasteiger partial charge on any atom is 0.253 e. The normalized spacial score (nSPS) is 14.4. The Morgan fingerprint density at radius 1 is 0.909 bits per heavy atom. The summed E-state index contributed by atoms with van der Waals surface area (Å²) in [6, 6.07) is 18.7. The van der Waals surface area contributed by atoms with Gasteiger partial charge in [-0.1, -0.05) is 53.0 Å². The van der Waals surface area contributed by atoms with Crippen molar-refractivity contribution in [1.29, 1.82) is 0 Å². The molecule has 0 unspecified atom stereocenters.